The molecule has 0 saturated carbocycles. The Balaban J connectivity index is 1.59. The Morgan fingerprint density at radius 2 is 2.00 bits per heavy atom. The molecule has 1 aromatic carbocycles. The number of aryl methyl sites for hydroxylation is 3. The molecule has 2 aromatic heterocycles. The number of anilines is 1. The first kappa shape index (κ1) is 11.8. The van der Waals surface area contributed by atoms with E-state index in [9.17, 15) is 0 Å². The normalized spacial score (nSPS) is 11.2. The van der Waals surface area contributed by atoms with Crippen LogP contribution in [0.1, 0.15) is 23.5 Å². The van der Waals surface area contributed by atoms with E-state index in [0.717, 1.165) is 42.1 Å². The number of nitrogen functional groups attached to an aromatic ring is 1. The Hall–Kier alpha value is -2.30. The summed E-state index contributed by atoms with van der Waals surface area (Å²) < 4.78 is 1.73. The maximum Gasteiger partial charge on any atom is 0.175 e. The van der Waals surface area contributed by atoms with Crippen molar-refractivity contribution in [2.45, 2.75) is 26.2 Å². The Morgan fingerprint density at radius 1 is 1.21 bits per heavy atom. The molecular weight excluding hydrogens is 238 g/mol. The molecule has 3 aromatic rings. The molecule has 0 saturated heterocycles. The van der Waals surface area contributed by atoms with E-state index < -0.39 is 0 Å². The summed E-state index contributed by atoms with van der Waals surface area (Å²) in [5.74, 6) is 0.890. The SMILES string of the molecule is Cc1cc2nc(CCCc3ccc(N)cc3)nn2[nH]1. The van der Waals surface area contributed by atoms with Gasteiger partial charge < -0.3 is 5.73 Å². The van der Waals surface area contributed by atoms with Gasteiger partial charge in [-0.05, 0) is 37.5 Å². The van der Waals surface area contributed by atoms with Crippen LogP contribution in [0.2, 0.25) is 0 Å². The number of aromatic amines is 1. The maximum absolute atomic E-state index is 5.66. The van der Waals surface area contributed by atoms with Crippen LogP contribution in [0.3, 0.4) is 0 Å². The van der Waals surface area contributed by atoms with Gasteiger partial charge in [-0.25, -0.2) is 4.98 Å². The second-order valence-electron chi connectivity index (χ2n) is 4.83. The zero-order valence-electron chi connectivity index (χ0n) is 10.9. The van der Waals surface area contributed by atoms with Crippen molar-refractivity contribution in [1.29, 1.82) is 0 Å². The number of nitrogens with one attached hydrogen (secondary N) is 1. The first-order valence-corrected chi connectivity index (χ1v) is 6.46. The van der Waals surface area contributed by atoms with Gasteiger partial charge in [-0.1, -0.05) is 12.1 Å². The highest BCUT2D eigenvalue weighted by atomic mass is 15.5. The first-order chi connectivity index (χ1) is 9.20. The van der Waals surface area contributed by atoms with Gasteiger partial charge in [0.05, 0.1) is 0 Å². The van der Waals surface area contributed by atoms with E-state index in [-0.39, 0.29) is 0 Å². The molecule has 5 heteroatoms. The molecule has 3 rings (SSSR count). The van der Waals surface area contributed by atoms with Crippen LogP contribution in [0.4, 0.5) is 5.69 Å². The average molecular weight is 255 g/mol. The molecule has 0 aliphatic rings. The van der Waals surface area contributed by atoms with Crippen LogP contribution in [0.5, 0.6) is 0 Å². The van der Waals surface area contributed by atoms with Gasteiger partial charge in [0.15, 0.2) is 11.5 Å². The summed E-state index contributed by atoms with van der Waals surface area (Å²) in [5.41, 5.74) is 9.74. The van der Waals surface area contributed by atoms with Gasteiger partial charge in [-0.3, -0.25) is 5.10 Å². The molecule has 0 atom stereocenters. The Labute approximate surface area is 111 Å². The summed E-state index contributed by atoms with van der Waals surface area (Å²) in [4.78, 5) is 4.48. The summed E-state index contributed by atoms with van der Waals surface area (Å²) in [7, 11) is 0. The number of nitrogens with two attached hydrogens (primary N) is 1. The summed E-state index contributed by atoms with van der Waals surface area (Å²) in [5, 5.41) is 7.53. The smallest absolute Gasteiger partial charge is 0.175 e. The number of benzene rings is 1. The molecule has 5 nitrogen and oxygen atoms in total. The molecule has 19 heavy (non-hydrogen) atoms. The fourth-order valence-electron chi connectivity index (χ4n) is 2.18. The number of nitrogens with zero attached hydrogens (tertiary/aromatic N) is 3. The van der Waals surface area contributed by atoms with Crippen LogP contribution in [0.25, 0.3) is 5.65 Å². The molecule has 0 amide bonds. The molecule has 0 aliphatic carbocycles. The van der Waals surface area contributed by atoms with Crippen molar-refractivity contribution in [2.24, 2.45) is 0 Å². The molecule has 2 heterocycles. The zero-order valence-corrected chi connectivity index (χ0v) is 10.9. The maximum atomic E-state index is 5.66. The number of fused-ring (bicyclic) bond motifs is 1. The molecule has 0 fully saturated rings. The molecule has 0 spiro atoms. The first-order valence-electron chi connectivity index (χ1n) is 6.46. The fraction of sp³-hybridized carbons (Fsp3) is 0.286. The van der Waals surface area contributed by atoms with Crippen molar-refractivity contribution in [1.82, 2.24) is 19.8 Å². The van der Waals surface area contributed by atoms with Crippen molar-refractivity contribution in [3.63, 3.8) is 0 Å². The van der Waals surface area contributed by atoms with Gasteiger partial charge in [0.1, 0.15) is 0 Å². The van der Waals surface area contributed by atoms with E-state index in [2.05, 4.69) is 27.3 Å². The summed E-state index contributed by atoms with van der Waals surface area (Å²) in [6.45, 7) is 2.00. The third-order valence-electron chi connectivity index (χ3n) is 3.15. The number of H-pyrrole nitrogens is 1. The summed E-state index contributed by atoms with van der Waals surface area (Å²) in [6.07, 6.45) is 2.95. The molecule has 0 unspecified atom stereocenters. The zero-order chi connectivity index (χ0) is 13.2. The lowest BCUT2D eigenvalue weighted by Crippen LogP contribution is -1.95. The highest BCUT2D eigenvalue weighted by molar-refractivity contribution is 5.39. The van der Waals surface area contributed by atoms with Crippen molar-refractivity contribution in [3.8, 4) is 0 Å². The van der Waals surface area contributed by atoms with Crippen LogP contribution >= 0.6 is 0 Å². The molecule has 0 radical (unpaired) electrons. The third-order valence-corrected chi connectivity index (χ3v) is 3.15. The standard InChI is InChI=1S/C14H17N5/c1-10-9-14-16-13(18-19(14)17-10)4-2-3-11-5-7-12(15)8-6-11/h5-9,17H,2-4,15H2,1H3. The minimum atomic E-state index is 0.809. The van der Waals surface area contributed by atoms with Crippen molar-refractivity contribution >= 4 is 11.3 Å². The Bertz CT molecular complexity index is 646. The number of hydrogen-bond donors (Lipinski definition) is 2. The number of rotatable bonds is 4. The van der Waals surface area contributed by atoms with Gasteiger partial charge in [0, 0.05) is 23.9 Å². The van der Waals surface area contributed by atoms with E-state index in [0.29, 0.717) is 0 Å². The van der Waals surface area contributed by atoms with Crippen LogP contribution < -0.4 is 5.73 Å². The molecule has 98 valence electrons. The van der Waals surface area contributed by atoms with Crippen molar-refractivity contribution in [2.75, 3.05) is 5.73 Å². The van der Waals surface area contributed by atoms with Gasteiger partial charge in [-0.2, -0.15) is 4.63 Å². The summed E-state index contributed by atoms with van der Waals surface area (Å²) >= 11 is 0. The second-order valence-corrected chi connectivity index (χ2v) is 4.83. The highest BCUT2D eigenvalue weighted by Gasteiger charge is 2.05. The largest absolute Gasteiger partial charge is 0.399 e. The van der Waals surface area contributed by atoms with E-state index >= 15 is 0 Å². The topological polar surface area (TPSA) is 72.0 Å². The Morgan fingerprint density at radius 3 is 2.74 bits per heavy atom. The van der Waals surface area contributed by atoms with Gasteiger partial charge in [-0.15, -0.1) is 5.10 Å². The number of aromatic nitrogens is 4. The summed E-state index contributed by atoms with van der Waals surface area (Å²) in [6, 6.07) is 10.0. The quantitative estimate of drug-likeness (QED) is 0.701. The lowest BCUT2D eigenvalue weighted by molar-refractivity contribution is 0.733. The fourth-order valence-corrected chi connectivity index (χ4v) is 2.18. The predicted molar refractivity (Wildman–Crippen MR) is 75.0 cm³/mol. The predicted octanol–water partition coefficient (Wildman–Crippen LogP) is 2.12. The molecule has 0 aliphatic heterocycles. The monoisotopic (exact) mass is 255 g/mol. The van der Waals surface area contributed by atoms with Gasteiger partial charge in [0.25, 0.3) is 0 Å². The number of hydrogen-bond acceptors (Lipinski definition) is 3. The van der Waals surface area contributed by atoms with Crippen LogP contribution in [0.15, 0.2) is 30.3 Å². The van der Waals surface area contributed by atoms with Gasteiger partial charge in [0.2, 0.25) is 0 Å². The van der Waals surface area contributed by atoms with E-state index in [1.165, 1.54) is 5.56 Å². The van der Waals surface area contributed by atoms with Crippen LogP contribution in [-0.2, 0) is 12.8 Å². The molecular formula is C14H17N5. The van der Waals surface area contributed by atoms with E-state index in [4.69, 9.17) is 5.73 Å². The minimum Gasteiger partial charge on any atom is -0.399 e. The minimum absolute atomic E-state index is 0.809. The lowest BCUT2D eigenvalue weighted by atomic mass is 10.1. The van der Waals surface area contributed by atoms with Crippen LogP contribution in [0, 0.1) is 6.92 Å². The van der Waals surface area contributed by atoms with Crippen molar-refractivity contribution < 1.29 is 0 Å². The molecule has 0 bridgehead atoms. The highest BCUT2D eigenvalue weighted by Crippen LogP contribution is 2.10. The Kier molecular flexibility index (Phi) is 2.95. The van der Waals surface area contributed by atoms with Crippen molar-refractivity contribution in [3.05, 3.63) is 47.4 Å². The van der Waals surface area contributed by atoms with Gasteiger partial charge >= 0.3 is 0 Å². The average Bonchev–Trinajstić information content (AvgIpc) is 2.88. The van der Waals surface area contributed by atoms with Crippen LogP contribution in [-0.4, -0.2) is 19.8 Å². The van der Waals surface area contributed by atoms with E-state index in [1.807, 2.05) is 25.1 Å². The lowest BCUT2D eigenvalue weighted by Gasteiger charge is -2.00. The third kappa shape index (κ3) is 2.59. The second kappa shape index (κ2) is 4.76. The molecule has 3 N–H and O–H groups in total. The van der Waals surface area contributed by atoms with E-state index in [1.54, 1.807) is 4.63 Å².